The lowest BCUT2D eigenvalue weighted by molar-refractivity contribution is 0.0671. The fraction of sp³-hybridized carbons (Fsp3) is 0.350. The van der Waals surface area contributed by atoms with Crippen LogP contribution in [0.4, 0.5) is 10.5 Å². The number of hydrogen-bond acceptors (Lipinski definition) is 5. The average molecular weight is 384 g/mol. The van der Waals surface area contributed by atoms with Gasteiger partial charge < -0.3 is 24.6 Å². The van der Waals surface area contributed by atoms with E-state index in [-0.39, 0.29) is 11.9 Å². The van der Waals surface area contributed by atoms with Gasteiger partial charge in [-0.05, 0) is 36.8 Å². The maximum atomic E-state index is 12.8. The van der Waals surface area contributed by atoms with Gasteiger partial charge in [-0.2, -0.15) is 0 Å². The molecule has 1 aliphatic rings. The van der Waals surface area contributed by atoms with Crippen LogP contribution in [0.3, 0.4) is 0 Å². The van der Waals surface area contributed by atoms with Crippen molar-refractivity contribution >= 4 is 17.6 Å². The summed E-state index contributed by atoms with van der Waals surface area (Å²) in [5.41, 5.74) is 2.08. The van der Waals surface area contributed by atoms with Gasteiger partial charge in [0.2, 0.25) is 5.88 Å². The third-order valence-electron chi connectivity index (χ3n) is 4.72. The Morgan fingerprint density at radius 1 is 1.04 bits per heavy atom. The molecule has 148 valence electrons. The summed E-state index contributed by atoms with van der Waals surface area (Å²) in [4.78, 5) is 32.8. The highest BCUT2D eigenvalue weighted by atomic mass is 16.5. The number of anilines is 1. The second kappa shape index (κ2) is 8.60. The van der Waals surface area contributed by atoms with E-state index >= 15 is 0 Å². The Morgan fingerprint density at radius 2 is 1.75 bits per heavy atom. The number of nitrogens with zero attached hydrogens (tertiary/aromatic N) is 3. The largest absolute Gasteiger partial charge is 0.496 e. The van der Waals surface area contributed by atoms with Crippen LogP contribution >= 0.6 is 0 Å². The third kappa shape index (κ3) is 4.16. The van der Waals surface area contributed by atoms with Crippen molar-refractivity contribution in [1.29, 1.82) is 0 Å². The van der Waals surface area contributed by atoms with Gasteiger partial charge in [0, 0.05) is 37.9 Å². The van der Waals surface area contributed by atoms with E-state index in [9.17, 15) is 9.59 Å². The molecule has 28 heavy (non-hydrogen) atoms. The lowest BCUT2D eigenvalue weighted by atomic mass is 10.1. The SMILES string of the molecule is COc1cc(C(=O)N2CCN(C(=O)Nc3cccnc3OC)CC2)ccc1C. The molecule has 0 radical (unpaired) electrons. The minimum absolute atomic E-state index is 0.0627. The van der Waals surface area contributed by atoms with Gasteiger partial charge in [0.15, 0.2) is 0 Å². The quantitative estimate of drug-likeness (QED) is 0.875. The monoisotopic (exact) mass is 384 g/mol. The molecule has 3 amide bonds. The number of ether oxygens (including phenoxy) is 2. The number of hydrogen-bond donors (Lipinski definition) is 1. The van der Waals surface area contributed by atoms with Crippen LogP contribution in [0.25, 0.3) is 0 Å². The lowest BCUT2D eigenvalue weighted by Crippen LogP contribution is -2.51. The first-order valence-electron chi connectivity index (χ1n) is 9.02. The highest BCUT2D eigenvalue weighted by molar-refractivity contribution is 5.95. The van der Waals surface area contributed by atoms with Crippen LogP contribution < -0.4 is 14.8 Å². The van der Waals surface area contributed by atoms with Crippen molar-refractivity contribution in [2.24, 2.45) is 0 Å². The zero-order chi connectivity index (χ0) is 20.1. The number of carbonyl (C=O) groups is 2. The summed E-state index contributed by atoms with van der Waals surface area (Å²) >= 11 is 0. The van der Waals surface area contributed by atoms with Crippen molar-refractivity contribution in [3.8, 4) is 11.6 Å². The van der Waals surface area contributed by atoms with Crippen molar-refractivity contribution < 1.29 is 19.1 Å². The van der Waals surface area contributed by atoms with E-state index in [0.717, 1.165) is 5.56 Å². The van der Waals surface area contributed by atoms with E-state index in [2.05, 4.69) is 10.3 Å². The van der Waals surface area contributed by atoms with Gasteiger partial charge in [0.05, 0.1) is 14.2 Å². The lowest BCUT2D eigenvalue weighted by Gasteiger charge is -2.34. The number of amides is 3. The molecule has 1 N–H and O–H groups in total. The molecule has 1 fully saturated rings. The predicted molar refractivity (Wildman–Crippen MR) is 105 cm³/mol. The van der Waals surface area contributed by atoms with Gasteiger partial charge in [-0.3, -0.25) is 4.79 Å². The number of rotatable bonds is 4. The van der Waals surface area contributed by atoms with Crippen LogP contribution in [0.1, 0.15) is 15.9 Å². The molecule has 1 aromatic carbocycles. The summed E-state index contributed by atoms with van der Waals surface area (Å²) in [5, 5.41) is 2.81. The predicted octanol–water partition coefficient (Wildman–Crippen LogP) is 2.40. The first kappa shape index (κ1) is 19.5. The molecule has 0 aliphatic carbocycles. The number of aromatic nitrogens is 1. The number of carbonyl (C=O) groups excluding carboxylic acids is 2. The summed E-state index contributed by atoms with van der Waals surface area (Å²) < 4.78 is 10.5. The van der Waals surface area contributed by atoms with Crippen molar-refractivity contribution in [1.82, 2.24) is 14.8 Å². The number of nitrogens with one attached hydrogen (secondary N) is 1. The summed E-state index contributed by atoms with van der Waals surface area (Å²) in [6.45, 7) is 3.76. The molecule has 2 aromatic rings. The highest BCUT2D eigenvalue weighted by Crippen LogP contribution is 2.22. The van der Waals surface area contributed by atoms with Gasteiger partial charge in [0.1, 0.15) is 11.4 Å². The second-order valence-corrected chi connectivity index (χ2v) is 6.45. The Labute approximate surface area is 164 Å². The molecule has 0 unspecified atom stereocenters. The van der Waals surface area contributed by atoms with Crippen LogP contribution in [0.5, 0.6) is 11.6 Å². The Bertz CT molecular complexity index is 863. The standard InChI is InChI=1S/C20H24N4O4/c1-14-6-7-15(13-17(14)27-2)19(25)23-9-11-24(12-10-23)20(26)22-16-5-4-8-21-18(16)28-3/h4-8,13H,9-12H2,1-3H3,(H,22,26). The van der Waals surface area contributed by atoms with Gasteiger partial charge in [0.25, 0.3) is 5.91 Å². The van der Waals surface area contributed by atoms with E-state index in [1.54, 1.807) is 47.4 Å². The Balaban J connectivity index is 1.59. The number of urea groups is 1. The molecule has 2 heterocycles. The molecule has 8 heteroatoms. The van der Waals surface area contributed by atoms with Crippen molar-refractivity contribution in [3.05, 3.63) is 47.7 Å². The van der Waals surface area contributed by atoms with Gasteiger partial charge in [-0.25, -0.2) is 9.78 Å². The fourth-order valence-electron chi connectivity index (χ4n) is 3.09. The topological polar surface area (TPSA) is 84.0 Å². The van der Waals surface area contributed by atoms with Crippen LogP contribution in [-0.4, -0.2) is 67.1 Å². The fourth-order valence-corrected chi connectivity index (χ4v) is 3.09. The molecule has 8 nitrogen and oxygen atoms in total. The highest BCUT2D eigenvalue weighted by Gasteiger charge is 2.25. The maximum Gasteiger partial charge on any atom is 0.322 e. The van der Waals surface area contributed by atoms with Gasteiger partial charge in [-0.15, -0.1) is 0 Å². The normalized spacial score (nSPS) is 13.8. The molecular weight excluding hydrogens is 360 g/mol. The Morgan fingerprint density at radius 3 is 2.43 bits per heavy atom. The zero-order valence-electron chi connectivity index (χ0n) is 16.3. The van der Waals surface area contributed by atoms with E-state index in [1.807, 2.05) is 13.0 Å². The summed E-state index contributed by atoms with van der Waals surface area (Å²) in [6, 6.07) is 8.64. The first-order valence-corrected chi connectivity index (χ1v) is 9.02. The Kier molecular flexibility index (Phi) is 5.98. The number of methoxy groups -OCH3 is 2. The van der Waals surface area contributed by atoms with E-state index in [4.69, 9.17) is 9.47 Å². The molecule has 1 aliphatic heterocycles. The van der Waals surface area contributed by atoms with Crippen LogP contribution in [-0.2, 0) is 0 Å². The zero-order valence-corrected chi connectivity index (χ0v) is 16.3. The van der Waals surface area contributed by atoms with Crippen LogP contribution in [0.15, 0.2) is 36.5 Å². The van der Waals surface area contributed by atoms with Gasteiger partial charge in [-0.1, -0.05) is 6.07 Å². The summed E-state index contributed by atoms with van der Waals surface area (Å²) in [7, 11) is 3.09. The van der Waals surface area contributed by atoms with E-state index in [1.165, 1.54) is 7.11 Å². The molecule has 1 aromatic heterocycles. The Hall–Kier alpha value is -3.29. The molecule has 3 rings (SSSR count). The number of benzene rings is 1. The number of aryl methyl sites for hydroxylation is 1. The van der Waals surface area contributed by atoms with Crippen molar-refractivity contribution in [3.63, 3.8) is 0 Å². The van der Waals surface area contributed by atoms with E-state index in [0.29, 0.717) is 49.1 Å². The maximum absolute atomic E-state index is 12.8. The third-order valence-corrected chi connectivity index (χ3v) is 4.72. The number of piperazine rings is 1. The van der Waals surface area contributed by atoms with Gasteiger partial charge >= 0.3 is 6.03 Å². The first-order chi connectivity index (χ1) is 13.5. The minimum atomic E-state index is -0.240. The summed E-state index contributed by atoms with van der Waals surface area (Å²) in [6.07, 6.45) is 1.60. The van der Waals surface area contributed by atoms with Crippen LogP contribution in [0, 0.1) is 6.92 Å². The summed E-state index contributed by atoms with van der Waals surface area (Å²) in [5.74, 6) is 0.986. The molecule has 1 saturated heterocycles. The molecule has 0 atom stereocenters. The molecular formula is C20H24N4O4. The second-order valence-electron chi connectivity index (χ2n) is 6.45. The molecule has 0 spiro atoms. The number of pyridine rings is 1. The van der Waals surface area contributed by atoms with Crippen molar-refractivity contribution in [2.75, 3.05) is 45.7 Å². The van der Waals surface area contributed by atoms with E-state index < -0.39 is 0 Å². The average Bonchev–Trinajstić information content (AvgIpc) is 2.74. The molecule has 0 bridgehead atoms. The molecule has 0 saturated carbocycles. The van der Waals surface area contributed by atoms with Crippen LogP contribution in [0.2, 0.25) is 0 Å². The minimum Gasteiger partial charge on any atom is -0.496 e. The van der Waals surface area contributed by atoms with Crippen molar-refractivity contribution in [2.45, 2.75) is 6.92 Å². The smallest absolute Gasteiger partial charge is 0.322 e.